The Bertz CT molecular complexity index is 880. The first kappa shape index (κ1) is 24.7. The van der Waals surface area contributed by atoms with Gasteiger partial charge in [0.1, 0.15) is 0 Å². The van der Waals surface area contributed by atoms with Crippen LogP contribution in [0.4, 0.5) is 0 Å². The Morgan fingerprint density at radius 1 is 1.10 bits per heavy atom. The fourth-order valence-electron chi connectivity index (χ4n) is 3.39. The monoisotopic (exact) mass is 446 g/mol. The van der Waals surface area contributed by atoms with Crippen LogP contribution in [0.15, 0.2) is 30.3 Å². The number of benzene rings is 1. The molecule has 0 radical (unpaired) electrons. The number of aryl methyl sites for hydroxylation is 1. The topological polar surface area (TPSA) is 59.1 Å². The second-order valence-electron chi connectivity index (χ2n) is 7.67. The van der Waals surface area contributed by atoms with Gasteiger partial charge in [-0.1, -0.05) is 13.0 Å². The summed E-state index contributed by atoms with van der Waals surface area (Å²) in [6.45, 7) is 8.77. The summed E-state index contributed by atoms with van der Waals surface area (Å²) in [5.41, 5.74) is 1.06. The molecule has 1 aromatic carbocycles. The van der Waals surface area contributed by atoms with E-state index in [0.29, 0.717) is 31.0 Å². The van der Waals surface area contributed by atoms with E-state index in [1.165, 1.54) is 11.8 Å². The van der Waals surface area contributed by atoms with E-state index in [4.69, 9.17) is 9.47 Å². The average Bonchev–Trinajstić information content (AvgIpc) is 3.18. The van der Waals surface area contributed by atoms with Gasteiger partial charge in [-0.05, 0) is 56.5 Å². The summed E-state index contributed by atoms with van der Waals surface area (Å²) >= 11 is 1.69. The number of ether oxygens (including phenoxy) is 2. The standard InChI is InChI=1S/C24H34N2O4S/c1-7-17(2)26(19(4)27)16-24(28)25(15-21-10-8-18(3)31-21)13-12-20-9-11-22(29-5)23(14-20)30-6/h8-11,14,17H,7,12-13,15-16H2,1-6H3. The number of rotatable bonds is 11. The van der Waals surface area contributed by atoms with Gasteiger partial charge in [0.05, 0.1) is 27.3 Å². The summed E-state index contributed by atoms with van der Waals surface area (Å²) in [5.74, 6) is 1.24. The molecule has 2 rings (SSSR count). The molecular formula is C24H34N2O4S. The molecule has 170 valence electrons. The Balaban J connectivity index is 2.18. The molecule has 0 N–H and O–H groups in total. The molecule has 0 aliphatic carbocycles. The van der Waals surface area contributed by atoms with Crippen LogP contribution in [0.2, 0.25) is 0 Å². The first-order valence-electron chi connectivity index (χ1n) is 10.6. The van der Waals surface area contributed by atoms with Gasteiger partial charge in [-0.2, -0.15) is 0 Å². The average molecular weight is 447 g/mol. The van der Waals surface area contributed by atoms with E-state index in [1.807, 2.05) is 36.9 Å². The number of thiophene rings is 1. The molecule has 31 heavy (non-hydrogen) atoms. The predicted octanol–water partition coefficient (Wildman–Crippen LogP) is 4.29. The molecule has 1 heterocycles. The van der Waals surface area contributed by atoms with E-state index >= 15 is 0 Å². The highest BCUT2D eigenvalue weighted by atomic mass is 32.1. The lowest BCUT2D eigenvalue weighted by Gasteiger charge is -2.30. The Hall–Kier alpha value is -2.54. The summed E-state index contributed by atoms with van der Waals surface area (Å²) in [7, 11) is 3.22. The summed E-state index contributed by atoms with van der Waals surface area (Å²) in [4.78, 5) is 31.2. The molecule has 0 saturated carbocycles. The number of methoxy groups -OCH3 is 2. The zero-order chi connectivity index (χ0) is 23.0. The van der Waals surface area contributed by atoms with Crippen molar-refractivity contribution in [2.45, 2.75) is 53.1 Å². The molecule has 2 aromatic rings. The van der Waals surface area contributed by atoms with E-state index in [0.717, 1.165) is 16.9 Å². The fourth-order valence-corrected chi connectivity index (χ4v) is 4.30. The minimum atomic E-state index is -0.0745. The zero-order valence-corrected chi connectivity index (χ0v) is 20.3. The summed E-state index contributed by atoms with van der Waals surface area (Å²) in [6, 6.07) is 9.96. The van der Waals surface area contributed by atoms with Crippen LogP contribution < -0.4 is 9.47 Å². The highest BCUT2D eigenvalue weighted by molar-refractivity contribution is 7.11. The third kappa shape index (κ3) is 6.99. The van der Waals surface area contributed by atoms with Crippen molar-refractivity contribution in [1.29, 1.82) is 0 Å². The largest absolute Gasteiger partial charge is 0.493 e. The second-order valence-corrected chi connectivity index (χ2v) is 9.04. The van der Waals surface area contributed by atoms with Crippen molar-refractivity contribution in [2.24, 2.45) is 0 Å². The van der Waals surface area contributed by atoms with E-state index < -0.39 is 0 Å². The van der Waals surface area contributed by atoms with Crippen LogP contribution in [0.25, 0.3) is 0 Å². The molecule has 0 aliphatic heterocycles. The van der Waals surface area contributed by atoms with Crippen molar-refractivity contribution in [3.8, 4) is 11.5 Å². The minimum Gasteiger partial charge on any atom is -0.493 e. The SMILES string of the molecule is CCC(C)N(CC(=O)N(CCc1ccc(OC)c(OC)c1)Cc1ccc(C)s1)C(C)=O. The molecular weight excluding hydrogens is 412 g/mol. The van der Waals surface area contributed by atoms with Gasteiger partial charge in [-0.25, -0.2) is 0 Å². The Kier molecular flexibility index (Phi) is 9.37. The zero-order valence-electron chi connectivity index (χ0n) is 19.4. The Labute approximate surface area is 189 Å². The smallest absolute Gasteiger partial charge is 0.242 e. The van der Waals surface area contributed by atoms with Gasteiger partial charge in [-0.3, -0.25) is 9.59 Å². The molecule has 1 atom stereocenters. The maximum atomic E-state index is 13.2. The van der Waals surface area contributed by atoms with Crippen molar-refractivity contribution >= 4 is 23.2 Å². The molecule has 0 bridgehead atoms. The maximum absolute atomic E-state index is 13.2. The third-order valence-electron chi connectivity index (χ3n) is 5.45. The van der Waals surface area contributed by atoms with Crippen LogP contribution in [-0.2, 0) is 22.6 Å². The van der Waals surface area contributed by atoms with E-state index in [-0.39, 0.29) is 24.4 Å². The fraction of sp³-hybridized carbons (Fsp3) is 0.500. The summed E-state index contributed by atoms with van der Waals surface area (Å²) in [6.07, 6.45) is 1.49. The minimum absolute atomic E-state index is 0.0260. The second kappa shape index (κ2) is 11.7. The van der Waals surface area contributed by atoms with Gasteiger partial charge in [0.25, 0.3) is 0 Å². The van der Waals surface area contributed by atoms with Gasteiger partial charge >= 0.3 is 0 Å². The van der Waals surface area contributed by atoms with Crippen molar-refractivity contribution in [3.63, 3.8) is 0 Å². The highest BCUT2D eigenvalue weighted by Crippen LogP contribution is 2.28. The number of carbonyl (C=O) groups is 2. The molecule has 2 amide bonds. The number of hydrogen-bond donors (Lipinski definition) is 0. The van der Waals surface area contributed by atoms with Gasteiger partial charge in [0.2, 0.25) is 11.8 Å². The van der Waals surface area contributed by atoms with Crippen LogP contribution in [-0.4, -0.2) is 55.0 Å². The molecule has 0 aliphatic rings. The summed E-state index contributed by atoms with van der Waals surface area (Å²) < 4.78 is 10.7. The van der Waals surface area contributed by atoms with Gasteiger partial charge in [0, 0.05) is 29.3 Å². The van der Waals surface area contributed by atoms with Crippen LogP contribution >= 0.6 is 11.3 Å². The molecule has 1 aromatic heterocycles. The van der Waals surface area contributed by atoms with E-state index in [2.05, 4.69) is 19.1 Å². The molecule has 7 heteroatoms. The first-order chi connectivity index (χ1) is 14.8. The lowest BCUT2D eigenvalue weighted by atomic mass is 10.1. The quantitative estimate of drug-likeness (QED) is 0.517. The molecule has 0 saturated heterocycles. The van der Waals surface area contributed by atoms with Gasteiger partial charge < -0.3 is 19.3 Å². The number of carbonyl (C=O) groups excluding carboxylic acids is 2. The van der Waals surface area contributed by atoms with Crippen molar-refractivity contribution in [2.75, 3.05) is 27.3 Å². The Morgan fingerprint density at radius 2 is 1.81 bits per heavy atom. The van der Waals surface area contributed by atoms with Crippen LogP contribution in [0.5, 0.6) is 11.5 Å². The molecule has 6 nitrogen and oxygen atoms in total. The normalized spacial score (nSPS) is 11.7. The van der Waals surface area contributed by atoms with Gasteiger partial charge in [0.15, 0.2) is 11.5 Å². The lowest BCUT2D eigenvalue weighted by molar-refractivity contribution is -0.141. The molecule has 0 spiro atoms. The van der Waals surface area contributed by atoms with E-state index in [1.54, 1.807) is 30.5 Å². The van der Waals surface area contributed by atoms with Gasteiger partial charge in [-0.15, -0.1) is 11.3 Å². The third-order valence-corrected chi connectivity index (χ3v) is 6.43. The number of hydrogen-bond acceptors (Lipinski definition) is 5. The van der Waals surface area contributed by atoms with Crippen LogP contribution in [0, 0.1) is 6.92 Å². The Morgan fingerprint density at radius 3 is 2.35 bits per heavy atom. The lowest BCUT2D eigenvalue weighted by Crippen LogP contribution is -2.46. The number of nitrogens with zero attached hydrogens (tertiary/aromatic N) is 2. The number of amides is 2. The molecule has 0 fully saturated rings. The van der Waals surface area contributed by atoms with Crippen molar-refractivity contribution in [1.82, 2.24) is 9.80 Å². The molecule has 1 unspecified atom stereocenters. The van der Waals surface area contributed by atoms with E-state index in [9.17, 15) is 9.59 Å². The highest BCUT2D eigenvalue weighted by Gasteiger charge is 2.23. The van der Waals surface area contributed by atoms with Crippen molar-refractivity contribution in [3.05, 3.63) is 45.6 Å². The first-order valence-corrected chi connectivity index (χ1v) is 11.4. The summed E-state index contributed by atoms with van der Waals surface area (Å²) in [5, 5.41) is 0. The van der Waals surface area contributed by atoms with Crippen molar-refractivity contribution < 1.29 is 19.1 Å². The maximum Gasteiger partial charge on any atom is 0.242 e. The van der Waals surface area contributed by atoms with Crippen LogP contribution in [0.1, 0.15) is 42.5 Å². The van der Waals surface area contributed by atoms with Crippen LogP contribution in [0.3, 0.4) is 0 Å². The predicted molar refractivity (Wildman–Crippen MR) is 125 cm³/mol.